The molecule has 4 nitrogen and oxygen atoms in total. The van der Waals surface area contributed by atoms with Crippen molar-refractivity contribution in [1.29, 1.82) is 0 Å². The number of rotatable bonds is 7. The van der Waals surface area contributed by atoms with Gasteiger partial charge in [-0.2, -0.15) is 0 Å². The van der Waals surface area contributed by atoms with Gasteiger partial charge in [-0.25, -0.2) is 0 Å². The van der Waals surface area contributed by atoms with E-state index in [0.29, 0.717) is 28.9 Å². The number of benzene rings is 3. The van der Waals surface area contributed by atoms with Crippen LogP contribution in [0.2, 0.25) is 0 Å². The first-order valence-corrected chi connectivity index (χ1v) is 10.1. The molecule has 0 aliphatic carbocycles. The molecule has 0 saturated heterocycles. The van der Waals surface area contributed by atoms with Crippen molar-refractivity contribution >= 4 is 17.3 Å². The molecule has 152 valence electrons. The molecule has 0 unspecified atom stereocenters. The van der Waals surface area contributed by atoms with Gasteiger partial charge in [-0.05, 0) is 42.0 Å². The summed E-state index contributed by atoms with van der Waals surface area (Å²) in [6.07, 6.45) is 1.62. The van der Waals surface area contributed by atoms with Crippen LogP contribution in [-0.4, -0.2) is 23.6 Å². The maximum Gasteiger partial charge on any atom is 0.211 e. The molecule has 0 radical (unpaired) electrons. The van der Waals surface area contributed by atoms with E-state index in [-0.39, 0.29) is 11.6 Å². The van der Waals surface area contributed by atoms with Gasteiger partial charge in [0.15, 0.2) is 5.78 Å². The Labute approximate surface area is 181 Å². The van der Waals surface area contributed by atoms with E-state index in [4.69, 9.17) is 0 Å². The van der Waals surface area contributed by atoms with Crippen molar-refractivity contribution in [3.8, 4) is 0 Å². The Kier molecular flexibility index (Phi) is 5.99. The summed E-state index contributed by atoms with van der Waals surface area (Å²) < 4.78 is 0. The topological polar surface area (TPSA) is 50.3 Å². The molecule has 0 bridgehead atoms. The second-order valence-electron chi connectivity index (χ2n) is 7.34. The number of nitrogens with zero attached hydrogens (tertiary/aromatic N) is 2. The maximum absolute atomic E-state index is 12.6. The van der Waals surface area contributed by atoms with Crippen molar-refractivity contribution in [1.82, 2.24) is 4.98 Å². The van der Waals surface area contributed by atoms with Gasteiger partial charge >= 0.3 is 0 Å². The fourth-order valence-electron chi connectivity index (χ4n) is 3.40. The lowest BCUT2D eigenvalue weighted by atomic mass is 10.0. The molecule has 1 heterocycles. The lowest BCUT2D eigenvalue weighted by Gasteiger charge is -2.20. The number of hydrogen-bond donors (Lipinski definition) is 0. The molecule has 0 aliphatic rings. The van der Waals surface area contributed by atoms with E-state index >= 15 is 0 Å². The zero-order valence-electron chi connectivity index (χ0n) is 17.2. The van der Waals surface area contributed by atoms with Gasteiger partial charge in [0, 0.05) is 42.2 Å². The number of carbonyl (C=O) groups excluding carboxylic acids is 2. The summed E-state index contributed by atoms with van der Waals surface area (Å²) in [4.78, 5) is 31.3. The maximum atomic E-state index is 12.6. The van der Waals surface area contributed by atoms with E-state index in [1.165, 1.54) is 0 Å². The molecule has 0 atom stereocenters. The van der Waals surface area contributed by atoms with Crippen LogP contribution in [0.3, 0.4) is 0 Å². The van der Waals surface area contributed by atoms with Crippen LogP contribution < -0.4 is 4.90 Å². The lowest BCUT2D eigenvalue weighted by molar-refractivity contribution is 0.102. The lowest BCUT2D eigenvalue weighted by Crippen LogP contribution is -2.16. The van der Waals surface area contributed by atoms with E-state index in [1.54, 1.807) is 18.3 Å². The zero-order chi connectivity index (χ0) is 21.6. The van der Waals surface area contributed by atoms with Crippen LogP contribution in [0.1, 0.15) is 37.5 Å². The highest BCUT2D eigenvalue weighted by Crippen LogP contribution is 2.19. The van der Waals surface area contributed by atoms with Gasteiger partial charge in [-0.15, -0.1) is 0 Å². The molecule has 4 rings (SSSR count). The van der Waals surface area contributed by atoms with Crippen molar-refractivity contribution in [2.45, 2.75) is 6.54 Å². The monoisotopic (exact) mass is 406 g/mol. The SMILES string of the molecule is CN(Cc1ccc(C(=O)c2ccccn2)cc1)c1ccc(C(=O)c2ccccc2)cc1. The van der Waals surface area contributed by atoms with Gasteiger partial charge in [0.05, 0.1) is 0 Å². The molecule has 0 spiro atoms. The molecule has 0 amide bonds. The third-order valence-electron chi connectivity index (χ3n) is 5.14. The van der Waals surface area contributed by atoms with Crippen molar-refractivity contribution < 1.29 is 9.59 Å². The average molecular weight is 406 g/mol. The molecule has 4 aromatic rings. The Morgan fingerprint density at radius 3 is 1.90 bits per heavy atom. The minimum absolute atomic E-state index is 0.0166. The van der Waals surface area contributed by atoms with Crippen LogP contribution >= 0.6 is 0 Å². The van der Waals surface area contributed by atoms with Crippen LogP contribution in [0.4, 0.5) is 5.69 Å². The largest absolute Gasteiger partial charge is 0.370 e. The second kappa shape index (κ2) is 9.18. The molecule has 0 fully saturated rings. The molecule has 31 heavy (non-hydrogen) atoms. The average Bonchev–Trinajstić information content (AvgIpc) is 2.85. The van der Waals surface area contributed by atoms with Crippen molar-refractivity contribution in [3.05, 3.63) is 131 Å². The van der Waals surface area contributed by atoms with Crippen molar-refractivity contribution in [2.75, 3.05) is 11.9 Å². The minimum Gasteiger partial charge on any atom is -0.370 e. The molecule has 1 aromatic heterocycles. The predicted molar refractivity (Wildman–Crippen MR) is 123 cm³/mol. The molecule has 3 aromatic carbocycles. The Balaban J connectivity index is 1.42. The van der Waals surface area contributed by atoms with E-state index in [0.717, 1.165) is 11.3 Å². The van der Waals surface area contributed by atoms with Gasteiger partial charge < -0.3 is 4.90 Å². The summed E-state index contributed by atoms with van der Waals surface area (Å²) in [5.41, 5.74) is 4.51. The third-order valence-corrected chi connectivity index (χ3v) is 5.14. The van der Waals surface area contributed by atoms with Crippen molar-refractivity contribution in [2.24, 2.45) is 0 Å². The van der Waals surface area contributed by atoms with Gasteiger partial charge in [0.1, 0.15) is 5.69 Å². The van der Waals surface area contributed by atoms with Crippen LogP contribution in [0.5, 0.6) is 0 Å². The Bertz CT molecular complexity index is 1170. The van der Waals surface area contributed by atoms with Crippen molar-refractivity contribution in [3.63, 3.8) is 0 Å². The van der Waals surface area contributed by atoms with E-state index in [1.807, 2.05) is 92.0 Å². The highest BCUT2D eigenvalue weighted by atomic mass is 16.1. The molecule has 0 N–H and O–H groups in total. The predicted octanol–water partition coefficient (Wildman–Crippen LogP) is 5.18. The summed E-state index contributed by atoms with van der Waals surface area (Å²) in [7, 11) is 2.00. The fraction of sp³-hybridized carbons (Fsp3) is 0.0741. The highest BCUT2D eigenvalue weighted by molar-refractivity contribution is 6.09. The number of carbonyl (C=O) groups is 2. The standard InChI is InChI=1S/C27H22N2O2/c1-29(24-16-14-22(15-17-24)26(30)21-7-3-2-4-8-21)19-20-10-12-23(13-11-20)27(31)25-9-5-6-18-28-25/h2-18H,19H2,1H3. The van der Waals surface area contributed by atoms with E-state index in [9.17, 15) is 9.59 Å². The molecule has 4 heteroatoms. The van der Waals surface area contributed by atoms with E-state index < -0.39 is 0 Å². The number of aromatic nitrogens is 1. The molecule has 0 saturated carbocycles. The number of hydrogen-bond acceptors (Lipinski definition) is 4. The summed E-state index contributed by atoms with van der Waals surface area (Å²) >= 11 is 0. The summed E-state index contributed by atoms with van der Waals surface area (Å²) in [5, 5.41) is 0. The van der Waals surface area contributed by atoms with Crippen LogP contribution in [0.15, 0.2) is 103 Å². The zero-order valence-corrected chi connectivity index (χ0v) is 17.2. The Morgan fingerprint density at radius 1 is 0.677 bits per heavy atom. The van der Waals surface area contributed by atoms with Crippen LogP contribution in [-0.2, 0) is 6.54 Å². The second-order valence-corrected chi connectivity index (χ2v) is 7.34. The molecule has 0 aliphatic heterocycles. The van der Waals surface area contributed by atoms with Gasteiger partial charge in [0.2, 0.25) is 5.78 Å². The number of ketones is 2. The quantitative estimate of drug-likeness (QED) is 0.397. The number of pyridine rings is 1. The first kappa shape index (κ1) is 20.2. The third kappa shape index (κ3) is 4.75. The highest BCUT2D eigenvalue weighted by Gasteiger charge is 2.11. The smallest absolute Gasteiger partial charge is 0.211 e. The first-order chi connectivity index (χ1) is 15.1. The first-order valence-electron chi connectivity index (χ1n) is 10.1. The van der Waals surface area contributed by atoms with Gasteiger partial charge in [0.25, 0.3) is 0 Å². The van der Waals surface area contributed by atoms with Gasteiger partial charge in [-0.3, -0.25) is 14.6 Å². The Hall–Kier alpha value is -4.05. The van der Waals surface area contributed by atoms with Crippen LogP contribution in [0.25, 0.3) is 0 Å². The fourth-order valence-corrected chi connectivity index (χ4v) is 3.40. The summed E-state index contributed by atoms with van der Waals surface area (Å²) in [5.74, 6) is -0.0675. The Morgan fingerprint density at radius 2 is 1.26 bits per heavy atom. The number of anilines is 1. The van der Waals surface area contributed by atoms with Gasteiger partial charge in [-0.1, -0.05) is 60.7 Å². The molecular formula is C27H22N2O2. The minimum atomic E-state index is -0.0841. The molecular weight excluding hydrogens is 384 g/mol. The summed E-state index contributed by atoms with van der Waals surface area (Å²) in [6, 6.07) is 29.8. The van der Waals surface area contributed by atoms with E-state index in [2.05, 4.69) is 9.88 Å². The van der Waals surface area contributed by atoms with Crippen LogP contribution in [0, 0.1) is 0 Å². The summed E-state index contributed by atoms with van der Waals surface area (Å²) in [6.45, 7) is 0.685. The normalized spacial score (nSPS) is 10.5.